The van der Waals surface area contributed by atoms with Crippen molar-refractivity contribution in [2.24, 2.45) is 5.41 Å². The van der Waals surface area contributed by atoms with Crippen LogP contribution in [0.2, 0.25) is 0 Å². The van der Waals surface area contributed by atoms with E-state index < -0.39 is 12.1 Å². The third-order valence-electron chi connectivity index (χ3n) is 3.05. The van der Waals surface area contributed by atoms with Crippen LogP contribution in [-0.2, 0) is 0 Å². The standard InChI is InChI=1S/C16H26N2O3/c1-10(2)13-6-11(15(20)21)7-14(18-13)17-9-12(19)8-16(3,4)5/h6-7,10,12,19H,8-9H2,1-5H3,(H,17,18)(H,20,21). The monoisotopic (exact) mass is 294 g/mol. The molecule has 0 saturated heterocycles. The Morgan fingerprint density at radius 1 is 1.33 bits per heavy atom. The molecule has 0 fully saturated rings. The SMILES string of the molecule is CC(C)c1cc(C(=O)O)cc(NCC(O)CC(C)(C)C)n1. The van der Waals surface area contributed by atoms with Gasteiger partial charge in [-0.15, -0.1) is 0 Å². The number of aliphatic hydroxyl groups is 1. The van der Waals surface area contributed by atoms with E-state index in [0.29, 0.717) is 18.8 Å². The van der Waals surface area contributed by atoms with E-state index in [4.69, 9.17) is 5.11 Å². The van der Waals surface area contributed by atoms with E-state index in [1.807, 2.05) is 13.8 Å². The van der Waals surface area contributed by atoms with Crippen LogP contribution in [0.15, 0.2) is 12.1 Å². The highest BCUT2D eigenvalue weighted by Gasteiger charge is 2.17. The quantitative estimate of drug-likeness (QED) is 0.751. The highest BCUT2D eigenvalue weighted by atomic mass is 16.4. The number of nitrogens with one attached hydrogen (secondary N) is 1. The van der Waals surface area contributed by atoms with E-state index in [2.05, 4.69) is 31.1 Å². The molecule has 0 bridgehead atoms. The number of carboxylic acid groups (broad SMARTS) is 1. The second kappa shape index (κ2) is 6.89. The van der Waals surface area contributed by atoms with Gasteiger partial charge < -0.3 is 15.5 Å². The zero-order chi connectivity index (χ0) is 16.2. The molecule has 1 atom stereocenters. The number of hydrogen-bond acceptors (Lipinski definition) is 4. The van der Waals surface area contributed by atoms with Gasteiger partial charge in [-0.3, -0.25) is 0 Å². The Balaban J connectivity index is 2.81. The Morgan fingerprint density at radius 2 is 1.95 bits per heavy atom. The van der Waals surface area contributed by atoms with E-state index in [1.165, 1.54) is 6.07 Å². The van der Waals surface area contributed by atoms with Gasteiger partial charge in [-0.2, -0.15) is 0 Å². The van der Waals surface area contributed by atoms with Crippen LogP contribution in [0.4, 0.5) is 5.82 Å². The number of anilines is 1. The Labute approximate surface area is 126 Å². The molecule has 0 spiro atoms. The summed E-state index contributed by atoms with van der Waals surface area (Å²) in [5.74, 6) is -0.339. The summed E-state index contributed by atoms with van der Waals surface area (Å²) in [6.45, 7) is 10.5. The number of rotatable bonds is 6. The molecule has 1 unspecified atom stereocenters. The summed E-state index contributed by atoms with van der Waals surface area (Å²) in [7, 11) is 0. The summed E-state index contributed by atoms with van der Waals surface area (Å²) < 4.78 is 0. The van der Waals surface area contributed by atoms with Gasteiger partial charge in [0.1, 0.15) is 5.82 Å². The molecular formula is C16H26N2O3. The molecule has 0 aliphatic rings. The zero-order valence-corrected chi connectivity index (χ0v) is 13.5. The fraction of sp³-hybridized carbons (Fsp3) is 0.625. The molecule has 0 aliphatic heterocycles. The molecule has 5 heteroatoms. The lowest BCUT2D eigenvalue weighted by Gasteiger charge is -2.22. The normalized spacial score (nSPS) is 13.3. The van der Waals surface area contributed by atoms with E-state index in [1.54, 1.807) is 6.07 Å². The lowest BCUT2D eigenvalue weighted by molar-refractivity contribution is 0.0696. The summed E-state index contributed by atoms with van der Waals surface area (Å²) in [4.78, 5) is 15.5. The first-order valence-electron chi connectivity index (χ1n) is 7.25. The molecule has 0 aromatic carbocycles. The smallest absolute Gasteiger partial charge is 0.335 e. The molecule has 1 rings (SSSR count). The molecular weight excluding hydrogens is 268 g/mol. The van der Waals surface area contributed by atoms with Crippen molar-refractivity contribution in [3.63, 3.8) is 0 Å². The number of pyridine rings is 1. The van der Waals surface area contributed by atoms with Gasteiger partial charge in [-0.1, -0.05) is 34.6 Å². The topological polar surface area (TPSA) is 82.5 Å². The first-order valence-corrected chi connectivity index (χ1v) is 7.25. The fourth-order valence-corrected chi connectivity index (χ4v) is 2.06. The molecule has 1 aromatic heterocycles. The van der Waals surface area contributed by atoms with Crippen molar-refractivity contribution in [3.05, 3.63) is 23.4 Å². The van der Waals surface area contributed by atoms with Crippen molar-refractivity contribution in [2.45, 2.75) is 53.1 Å². The molecule has 21 heavy (non-hydrogen) atoms. The number of hydrogen-bond donors (Lipinski definition) is 3. The predicted octanol–water partition coefficient (Wildman–Crippen LogP) is 3.11. The van der Waals surface area contributed by atoms with Crippen molar-refractivity contribution in [1.82, 2.24) is 4.98 Å². The lowest BCUT2D eigenvalue weighted by Crippen LogP contribution is -2.25. The van der Waals surface area contributed by atoms with Crippen molar-refractivity contribution >= 4 is 11.8 Å². The largest absolute Gasteiger partial charge is 0.478 e. The van der Waals surface area contributed by atoms with Gasteiger partial charge in [0.2, 0.25) is 0 Å². The van der Waals surface area contributed by atoms with Crippen molar-refractivity contribution in [2.75, 3.05) is 11.9 Å². The van der Waals surface area contributed by atoms with Crippen molar-refractivity contribution < 1.29 is 15.0 Å². The van der Waals surface area contributed by atoms with Gasteiger partial charge in [-0.05, 0) is 29.9 Å². The third kappa shape index (κ3) is 6.12. The maximum Gasteiger partial charge on any atom is 0.335 e. The van der Waals surface area contributed by atoms with Crippen LogP contribution in [0, 0.1) is 5.41 Å². The van der Waals surface area contributed by atoms with Gasteiger partial charge in [-0.25, -0.2) is 9.78 Å². The minimum Gasteiger partial charge on any atom is -0.478 e. The Hall–Kier alpha value is -1.62. The predicted molar refractivity (Wildman–Crippen MR) is 83.9 cm³/mol. The summed E-state index contributed by atoms with van der Waals surface area (Å²) in [6.07, 6.45) is 0.165. The third-order valence-corrected chi connectivity index (χ3v) is 3.05. The number of carbonyl (C=O) groups is 1. The summed E-state index contributed by atoms with van der Waals surface area (Å²) >= 11 is 0. The van der Waals surface area contributed by atoms with Crippen LogP contribution in [0.3, 0.4) is 0 Å². The Kier molecular flexibility index (Phi) is 5.72. The molecule has 1 heterocycles. The molecule has 0 saturated carbocycles. The van der Waals surface area contributed by atoms with Crippen LogP contribution in [0.25, 0.3) is 0 Å². The van der Waals surface area contributed by atoms with E-state index >= 15 is 0 Å². The van der Waals surface area contributed by atoms with Gasteiger partial charge in [0.05, 0.1) is 11.7 Å². The summed E-state index contributed by atoms with van der Waals surface area (Å²) in [5, 5.41) is 22.2. The maximum absolute atomic E-state index is 11.1. The second-order valence-electron chi connectivity index (χ2n) is 6.93. The van der Waals surface area contributed by atoms with E-state index in [9.17, 15) is 9.90 Å². The van der Waals surface area contributed by atoms with Gasteiger partial charge >= 0.3 is 5.97 Å². The molecule has 0 aliphatic carbocycles. The molecule has 3 N–H and O–H groups in total. The fourth-order valence-electron chi connectivity index (χ4n) is 2.06. The van der Waals surface area contributed by atoms with E-state index in [0.717, 1.165) is 5.69 Å². The van der Waals surface area contributed by atoms with Crippen molar-refractivity contribution in [3.8, 4) is 0 Å². The van der Waals surface area contributed by atoms with Gasteiger partial charge in [0.25, 0.3) is 0 Å². The first kappa shape index (κ1) is 17.4. The molecule has 0 amide bonds. The minimum atomic E-state index is -0.974. The number of carboxylic acids is 1. The van der Waals surface area contributed by atoms with E-state index in [-0.39, 0.29) is 16.9 Å². The lowest BCUT2D eigenvalue weighted by atomic mass is 9.89. The first-order chi connectivity index (χ1) is 9.58. The summed E-state index contributed by atoms with van der Waals surface area (Å²) in [5.41, 5.74) is 0.977. The number of nitrogens with zero attached hydrogens (tertiary/aromatic N) is 1. The maximum atomic E-state index is 11.1. The Bertz CT molecular complexity index is 493. The zero-order valence-electron chi connectivity index (χ0n) is 13.5. The van der Waals surface area contributed by atoms with Crippen molar-refractivity contribution in [1.29, 1.82) is 0 Å². The molecule has 5 nitrogen and oxygen atoms in total. The van der Waals surface area contributed by atoms with Crippen LogP contribution < -0.4 is 5.32 Å². The van der Waals surface area contributed by atoms with Crippen LogP contribution in [0.5, 0.6) is 0 Å². The van der Waals surface area contributed by atoms with Crippen LogP contribution in [0.1, 0.15) is 63.0 Å². The van der Waals surface area contributed by atoms with Gasteiger partial charge in [0.15, 0.2) is 0 Å². The number of aromatic carboxylic acids is 1. The van der Waals surface area contributed by atoms with Crippen LogP contribution >= 0.6 is 0 Å². The van der Waals surface area contributed by atoms with Crippen LogP contribution in [-0.4, -0.2) is 33.8 Å². The summed E-state index contributed by atoms with van der Waals surface area (Å²) in [6, 6.07) is 3.09. The number of aromatic nitrogens is 1. The second-order valence-corrected chi connectivity index (χ2v) is 6.93. The Morgan fingerprint density at radius 3 is 2.43 bits per heavy atom. The highest BCUT2D eigenvalue weighted by molar-refractivity contribution is 5.88. The average molecular weight is 294 g/mol. The molecule has 118 valence electrons. The highest BCUT2D eigenvalue weighted by Crippen LogP contribution is 2.21. The molecule has 0 radical (unpaired) electrons. The molecule has 1 aromatic rings. The number of aliphatic hydroxyl groups excluding tert-OH is 1. The minimum absolute atomic E-state index is 0.0422. The van der Waals surface area contributed by atoms with Gasteiger partial charge in [0, 0.05) is 12.2 Å². The average Bonchev–Trinajstić information content (AvgIpc) is 2.33.